The molecule has 1 unspecified atom stereocenters. The highest BCUT2D eigenvalue weighted by Gasteiger charge is 2.42. The summed E-state index contributed by atoms with van der Waals surface area (Å²) in [4.78, 5) is 48.3. The van der Waals surface area contributed by atoms with E-state index < -0.39 is 23.8 Å². The Hall–Kier alpha value is -3.91. The second-order valence-corrected chi connectivity index (χ2v) is 8.98. The molecule has 0 radical (unpaired) electrons. The van der Waals surface area contributed by atoms with E-state index >= 15 is 0 Å². The SMILES string of the molecule is CSCCC(C(=O)Nc1cccc(-c2nc3ccccc3[nH]2)c1)N1C(=O)c2ccccc2C1=O. The first-order valence-electron chi connectivity index (χ1n) is 10.9. The summed E-state index contributed by atoms with van der Waals surface area (Å²) in [5.41, 5.74) is 3.83. The predicted octanol–water partition coefficient (Wildman–Crippen LogP) is 4.59. The van der Waals surface area contributed by atoms with E-state index in [0.717, 1.165) is 21.5 Å². The number of fused-ring (bicyclic) bond motifs is 2. The van der Waals surface area contributed by atoms with Gasteiger partial charge in [0.1, 0.15) is 11.9 Å². The zero-order valence-electron chi connectivity index (χ0n) is 18.4. The fourth-order valence-electron chi connectivity index (χ4n) is 4.16. The Morgan fingerprint density at radius 2 is 1.71 bits per heavy atom. The van der Waals surface area contributed by atoms with Crippen LogP contribution in [-0.4, -0.2) is 50.6 Å². The molecule has 0 saturated heterocycles. The molecule has 3 amide bonds. The number of hydrogen-bond donors (Lipinski definition) is 2. The van der Waals surface area contributed by atoms with Crippen LogP contribution in [0.3, 0.4) is 0 Å². The Morgan fingerprint density at radius 1 is 1.00 bits per heavy atom. The summed E-state index contributed by atoms with van der Waals surface area (Å²) >= 11 is 1.56. The van der Waals surface area contributed by atoms with Gasteiger partial charge < -0.3 is 10.3 Å². The van der Waals surface area contributed by atoms with Gasteiger partial charge in [-0.2, -0.15) is 11.8 Å². The Morgan fingerprint density at radius 3 is 2.41 bits per heavy atom. The summed E-state index contributed by atoms with van der Waals surface area (Å²) < 4.78 is 0. The second kappa shape index (κ2) is 9.15. The van der Waals surface area contributed by atoms with E-state index in [4.69, 9.17) is 0 Å². The van der Waals surface area contributed by atoms with Crippen molar-refractivity contribution >= 4 is 46.2 Å². The fourth-order valence-corrected chi connectivity index (χ4v) is 4.62. The van der Waals surface area contributed by atoms with Gasteiger partial charge in [-0.05, 0) is 54.8 Å². The molecule has 5 rings (SSSR count). The van der Waals surface area contributed by atoms with Crippen molar-refractivity contribution in [3.8, 4) is 11.4 Å². The maximum absolute atomic E-state index is 13.3. The molecule has 170 valence electrons. The van der Waals surface area contributed by atoms with Gasteiger partial charge in [0.15, 0.2) is 0 Å². The molecule has 0 fully saturated rings. The van der Waals surface area contributed by atoms with Crippen molar-refractivity contribution in [1.82, 2.24) is 14.9 Å². The van der Waals surface area contributed by atoms with E-state index in [0.29, 0.717) is 34.8 Å². The van der Waals surface area contributed by atoms with Crippen molar-refractivity contribution in [3.05, 3.63) is 83.9 Å². The number of imide groups is 1. The van der Waals surface area contributed by atoms with Gasteiger partial charge in [0.2, 0.25) is 5.91 Å². The van der Waals surface area contributed by atoms with E-state index in [-0.39, 0.29) is 0 Å². The van der Waals surface area contributed by atoms with Crippen LogP contribution in [0.25, 0.3) is 22.4 Å². The Kier molecular flexibility index (Phi) is 5.90. The number of rotatable bonds is 7. The summed E-state index contributed by atoms with van der Waals surface area (Å²) in [6.45, 7) is 0. The fraction of sp³-hybridized carbons (Fsp3) is 0.154. The zero-order chi connectivity index (χ0) is 23.7. The molecule has 2 N–H and O–H groups in total. The third kappa shape index (κ3) is 3.97. The predicted molar refractivity (Wildman–Crippen MR) is 134 cm³/mol. The van der Waals surface area contributed by atoms with E-state index in [9.17, 15) is 14.4 Å². The third-order valence-electron chi connectivity index (χ3n) is 5.83. The summed E-state index contributed by atoms with van der Waals surface area (Å²) in [6.07, 6.45) is 2.29. The highest BCUT2D eigenvalue weighted by Crippen LogP contribution is 2.28. The molecule has 0 saturated carbocycles. The van der Waals surface area contributed by atoms with Crippen molar-refractivity contribution in [1.29, 1.82) is 0 Å². The first-order valence-corrected chi connectivity index (χ1v) is 12.3. The lowest BCUT2D eigenvalue weighted by molar-refractivity contribution is -0.120. The second-order valence-electron chi connectivity index (χ2n) is 8.00. The third-order valence-corrected chi connectivity index (χ3v) is 6.47. The number of amides is 3. The number of aromatic amines is 1. The first kappa shape index (κ1) is 21.9. The van der Waals surface area contributed by atoms with Gasteiger partial charge in [-0.1, -0.05) is 36.4 Å². The number of para-hydroxylation sites is 2. The van der Waals surface area contributed by atoms with Gasteiger partial charge in [-0.3, -0.25) is 19.3 Å². The van der Waals surface area contributed by atoms with Gasteiger partial charge in [0.25, 0.3) is 11.8 Å². The molecule has 4 aromatic rings. The largest absolute Gasteiger partial charge is 0.338 e. The molecule has 34 heavy (non-hydrogen) atoms. The number of anilines is 1. The van der Waals surface area contributed by atoms with Crippen LogP contribution >= 0.6 is 11.8 Å². The normalized spacial score (nSPS) is 13.9. The van der Waals surface area contributed by atoms with Crippen LogP contribution in [0.15, 0.2) is 72.8 Å². The topological polar surface area (TPSA) is 95.2 Å². The Balaban J connectivity index is 1.41. The smallest absolute Gasteiger partial charge is 0.262 e. The quantitative estimate of drug-likeness (QED) is 0.385. The number of imidazole rings is 1. The lowest BCUT2D eigenvalue weighted by Crippen LogP contribution is -2.47. The molecule has 2 heterocycles. The highest BCUT2D eigenvalue weighted by molar-refractivity contribution is 7.98. The summed E-state index contributed by atoms with van der Waals surface area (Å²) in [6, 6.07) is 20.9. The van der Waals surface area contributed by atoms with Crippen LogP contribution in [0.1, 0.15) is 27.1 Å². The Labute approximate surface area is 200 Å². The van der Waals surface area contributed by atoms with E-state index in [1.807, 2.05) is 48.7 Å². The number of aromatic nitrogens is 2. The average Bonchev–Trinajstić information content (AvgIpc) is 3.40. The molecular weight excluding hydrogens is 448 g/mol. The van der Waals surface area contributed by atoms with Crippen LogP contribution < -0.4 is 5.32 Å². The number of hydrogen-bond acceptors (Lipinski definition) is 5. The number of carbonyl (C=O) groups excluding carboxylic acids is 3. The maximum Gasteiger partial charge on any atom is 0.262 e. The molecule has 1 aliphatic rings. The van der Waals surface area contributed by atoms with Crippen molar-refractivity contribution in [2.24, 2.45) is 0 Å². The van der Waals surface area contributed by atoms with Gasteiger partial charge in [-0.15, -0.1) is 0 Å². The molecular formula is C26H22N4O3S. The average molecular weight is 471 g/mol. The lowest BCUT2D eigenvalue weighted by Gasteiger charge is -2.25. The molecule has 1 aliphatic heterocycles. The molecule has 0 bridgehead atoms. The summed E-state index contributed by atoms with van der Waals surface area (Å²) in [5.74, 6) is 0.0579. The van der Waals surface area contributed by atoms with Crippen molar-refractivity contribution in [3.63, 3.8) is 0 Å². The van der Waals surface area contributed by atoms with Gasteiger partial charge in [-0.25, -0.2) is 4.98 Å². The minimum atomic E-state index is -0.908. The minimum absolute atomic E-state index is 0.335. The number of nitrogens with one attached hydrogen (secondary N) is 2. The number of nitrogens with zero attached hydrogens (tertiary/aromatic N) is 2. The van der Waals surface area contributed by atoms with Crippen molar-refractivity contribution < 1.29 is 14.4 Å². The number of thioether (sulfide) groups is 1. The van der Waals surface area contributed by atoms with Crippen LogP contribution in [0.5, 0.6) is 0 Å². The standard InChI is InChI=1S/C26H22N4O3S/c1-34-14-13-22(30-25(32)18-9-2-3-10-19(18)26(30)33)24(31)27-17-8-6-7-16(15-17)23-28-20-11-4-5-12-21(20)29-23/h2-12,15,22H,13-14H2,1H3,(H,27,31)(H,28,29). The zero-order valence-corrected chi connectivity index (χ0v) is 19.3. The van der Waals surface area contributed by atoms with Crippen LogP contribution in [0, 0.1) is 0 Å². The number of benzene rings is 3. The summed E-state index contributed by atoms with van der Waals surface area (Å²) in [7, 11) is 0. The lowest BCUT2D eigenvalue weighted by atomic mass is 10.1. The van der Waals surface area contributed by atoms with E-state index in [1.165, 1.54) is 0 Å². The molecule has 1 atom stereocenters. The molecule has 3 aromatic carbocycles. The monoisotopic (exact) mass is 470 g/mol. The van der Waals surface area contributed by atoms with Crippen molar-refractivity contribution in [2.75, 3.05) is 17.3 Å². The molecule has 7 nitrogen and oxygen atoms in total. The minimum Gasteiger partial charge on any atom is -0.338 e. The number of H-pyrrole nitrogens is 1. The number of carbonyl (C=O) groups is 3. The maximum atomic E-state index is 13.3. The van der Waals surface area contributed by atoms with Gasteiger partial charge in [0, 0.05) is 11.3 Å². The Bertz CT molecular complexity index is 1350. The molecule has 8 heteroatoms. The molecule has 0 aliphatic carbocycles. The first-order chi connectivity index (χ1) is 16.6. The molecule has 0 spiro atoms. The van der Waals surface area contributed by atoms with E-state index in [2.05, 4.69) is 15.3 Å². The van der Waals surface area contributed by atoms with Crippen LogP contribution in [0.2, 0.25) is 0 Å². The van der Waals surface area contributed by atoms with Gasteiger partial charge >= 0.3 is 0 Å². The van der Waals surface area contributed by atoms with E-state index in [1.54, 1.807) is 42.1 Å². The van der Waals surface area contributed by atoms with Gasteiger partial charge in [0.05, 0.1) is 22.2 Å². The molecule has 1 aromatic heterocycles. The van der Waals surface area contributed by atoms with Crippen LogP contribution in [0.4, 0.5) is 5.69 Å². The van der Waals surface area contributed by atoms with Crippen molar-refractivity contribution in [2.45, 2.75) is 12.5 Å². The summed E-state index contributed by atoms with van der Waals surface area (Å²) in [5, 5.41) is 2.90. The van der Waals surface area contributed by atoms with Crippen LogP contribution in [-0.2, 0) is 4.79 Å². The highest BCUT2D eigenvalue weighted by atomic mass is 32.2.